The molecule has 0 aliphatic carbocycles. The quantitative estimate of drug-likeness (QED) is 0.644. The number of carbonyl (C=O) groups excluding carboxylic acids is 1. The molecule has 1 amide bonds. The van der Waals surface area contributed by atoms with Crippen LogP contribution in [0.15, 0.2) is 57.8 Å². The Morgan fingerprint density at radius 3 is 2.60 bits per heavy atom. The maximum absolute atomic E-state index is 13.0. The van der Waals surface area contributed by atoms with Crippen molar-refractivity contribution in [3.05, 3.63) is 64.9 Å². The molecule has 1 fully saturated rings. The summed E-state index contributed by atoms with van der Waals surface area (Å²) in [6.07, 6.45) is 0. The minimum Gasteiger partial charge on any atom is -0.459 e. The van der Waals surface area contributed by atoms with E-state index in [1.54, 1.807) is 6.92 Å². The molecule has 1 N–H and O–H groups in total. The molecule has 1 aromatic heterocycles. The lowest BCUT2D eigenvalue weighted by Gasteiger charge is -2.26. The third-order valence-corrected chi connectivity index (χ3v) is 7.38. The highest BCUT2D eigenvalue weighted by molar-refractivity contribution is 7.89. The van der Waals surface area contributed by atoms with E-state index in [9.17, 15) is 13.2 Å². The number of nitrogens with one attached hydrogen (secondary N) is 1. The van der Waals surface area contributed by atoms with Crippen LogP contribution in [0.5, 0.6) is 0 Å². The molecule has 0 saturated carbocycles. The van der Waals surface area contributed by atoms with Crippen LogP contribution in [0.25, 0.3) is 11.0 Å². The zero-order valence-electron chi connectivity index (χ0n) is 16.3. The number of benzene rings is 2. The van der Waals surface area contributed by atoms with E-state index in [4.69, 9.17) is 20.8 Å². The molecule has 2 heterocycles. The van der Waals surface area contributed by atoms with Gasteiger partial charge in [-0.05, 0) is 37.3 Å². The summed E-state index contributed by atoms with van der Waals surface area (Å²) in [7, 11) is -3.82. The van der Waals surface area contributed by atoms with Crippen LogP contribution >= 0.6 is 11.6 Å². The van der Waals surface area contributed by atoms with Gasteiger partial charge in [-0.1, -0.05) is 29.8 Å². The fourth-order valence-corrected chi connectivity index (χ4v) is 5.24. The van der Waals surface area contributed by atoms with E-state index in [0.29, 0.717) is 19.0 Å². The highest BCUT2D eigenvalue weighted by Gasteiger charge is 2.29. The fraction of sp³-hybridized carbons (Fsp3) is 0.286. The maximum atomic E-state index is 13.0. The van der Waals surface area contributed by atoms with E-state index >= 15 is 0 Å². The molecule has 3 aromatic rings. The zero-order valence-corrected chi connectivity index (χ0v) is 17.9. The van der Waals surface area contributed by atoms with E-state index in [0.717, 1.165) is 11.0 Å². The van der Waals surface area contributed by atoms with Crippen LogP contribution in [0.3, 0.4) is 0 Å². The summed E-state index contributed by atoms with van der Waals surface area (Å²) >= 11 is 6.17. The predicted octanol–water partition coefficient (Wildman–Crippen LogP) is 3.60. The van der Waals surface area contributed by atoms with Gasteiger partial charge in [0.05, 0.1) is 24.3 Å². The molecule has 158 valence electrons. The number of hydrogen-bond donors (Lipinski definition) is 1. The second kappa shape index (κ2) is 8.39. The number of carbonyl (C=O) groups is 1. The van der Waals surface area contributed by atoms with Gasteiger partial charge < -0.3 is 14.5 Å². The highest BCUT2D eigenvalue weighted by atomic mass is 35.5. The molecular weight excluding hydrogens is 428 g/mol. The summed E-state index contributed by atoms with van der Waals surface area (Å²) in [4.78, 5) is 12.7. The number of halogens is 1. The van der Waals surface area contributed by atoms with Crippen LogP contribution < -0.4 is 5.32 Å². The Morgan fingerprint density at radius 1 is 1.13 bits per heavy atom. The molecule has 0 radical (unpaired) electrons. The van der Waals surface area contributed by atoms with Crippen LogP contribution in [0.4, 0.5) is 0 Å². The Balaban J connectivity index is 1.56. The first-order valence-electron chi connectivity index (χ1n) is 9.53. The maximum Gasteiger partial charge on any atom is 0.251 e. The van der Waals surface area contributed by atoms with Gasteiger partial charge in [0, 0.05) is 24.0 Å². The fourth-order valence-electron chi connectivity index (χ4n) is 3.34. The molecule has 2 aromatic carbocycles. The number of amides is 1. The highest BCUT2D eigenvalue weighted by Crippen LogP contribution is 2.27. The second-order valence-corrected chi connectivity index (χ2v) is 9.36. The van der Waals surface area contributed by atoms with Gasteiger partial charge in [0.1, 0.15) is 16.2 Å². The van der Waals surface area contributed by atoms with Gasteiger partial charge in [0.2, 0.25) is 10.0 Å². The van der Waals surface area contributed by atoms with Crippen molar-refractivity contribution in [2.45, 2.75) is 17.9 Å². The number of para-hydroxylation sites is 1. The summed E-state index contributed by atoms with van der Waals surface area (Å²) in [5.74, 6) is 0.192. The number of nitrogens with zero attached hydrogens (tertiary/aromatic N) is 1. The Hall–Kier alpha value is -2.39. The molecule has 0 spiro atoms. The molecule has 1 atom stereocenters. The van der Waals surface area contributed by atoms with Crippen molar-refractivity contribution in [2.24, 2.45) is 0 Å². The van der Waals surface area contributed by atoms with Crippen molar-refractivity contribution in [2.75, 3.05) is 26.3 Å². The minimum absolute atomic E-state index is 0.0726. The molecule has 30 heavy (non-hydrogen) atoms. The number of rotatable bonds is 5. The first-order chi connectivity index (χ1) is 14.4. The summed E-state index contributed by atoms with van der Waals surface area (Å²) < 4.78 is 38.3. The average molecular weight is 449 g/mol. The molecule has 4 rings (SSSR count). The van der Waals surface area contributed by atoms with Crippen molar-refractivity contribution >= 4 is 38.5 Å². The van der Waals surface area contributed by atoms with Crippen LogP contribution in [0, 0.1) is 0 Å². The van der Waals surface area contributed by atoms with Crippen molar-refractivity contribution in [3.63, 3.8) is 0 Å². The van der Waals surface area contributed by atoms with Crippen LogP contribution in [0.2, 0.25) is 5.02 Å². The van der Waals surface area contributed by atoms with Crippen LogP contribution in [-0.4, -0.2) is 44.9 Å². The third-order valence-electron chi connectivity index (χ3n) is 5.00. The number of fused-ring (bicyclic) bond motifs is 1. The Bertz CT molecular complexity index is 1150. The monoisotopic (exact) mass is 448 g/mol. The van der Waals surface area contributed by atoms with Crippen molar-refractivity contribution in [3.8, 4) is 0 Å². The van der Waals surface area contributed by atoms with E-state index in [1.165, 1.54) is 22.5 Å². The number of furan rings is 1. The van der Waals surface area contributed by atoms with Gasteiger partial charge in [0.25, 0.3) is 5.91 Å². The van der Waals surface area contributed by atoms with Gasteiger partial charge >= 0.3 is 0 Å². The largest absolute Gasteiger partial charge is 0.459 e. The predicted molar refractivity (Wildman–Crippen MR) is 113 cm³/mol. The van der Waals surface area contributed by atoms with Crippen molar-refractivity contribution in [1.29, 1.82) is 0 Å². The molecule has 0 bridgehead atoms. The van der Waals surface area contributed by atoms with Crippen LogP contribution in [-0.2, 0) is 14.8 Å². The number of sulfonamides is 1. The number of ether oxygens (including phenoxy) is 1. The lowest BCUT2D eigenvalue weighted by Crippen LogP contribution is -2.40. The standard InChI is InChI=1S/C21H21ClN2O5S/c1-14(19-12-15-4-2-3-5-18(15)29-19)23-21(25)16-6-7-17(22)20(13-16)30(26,27)24-8-10-28-11-9-24/h2-7,12-14H,8-11H2,1H3,(H,23,25). The van der Waals surface area contributed by atoms with E-state index in [-0.39, 0.29) is 28.6 Å². The molecular formula is C21H21ClN2O5S. The van der Waals surface area contributed by atoms with Crippen molar-refractivity contribution < 1.29 is 22.4 Å². The summed E-state index contributed by atoms with van der Waals surface area (Å²) in [5.41, 5.74) is 0.938. The lowest BCUT2D eigenvalue weighted by atomic mass is 10.1. The number of hydrogen-bond acceptors (Lipinski definition) is 5. The third kappa shape index (κ3) is 4.09. The van der Waals surface area contributed by atoms with E-state index < -0.39 is 22.0 Å². The molecule has 1 aliphatic heterocycles. The summed E-state index contributed by atoms with van der Waals surface area (Å²) in [6, 6.07) is 13.3. The SMILES string of the molecule is CC(NC(=O)c1ccc(Cl)c(S(=O)(=O)N2CCOCC2)c1)c1cc2ccccc2o1. The summed E-state index contributed by atoms with van der Waals surface area (Å²) in [6.45, 7) is 2.95. The Labute approximate surface area is 179 Å². The van der Waals surface area contributed by atoms with Gasteiger partial charge in [-0.2, -0.15) is 4.31 Å². The van der Waals surface area contributed by atoms with E-state index in [1.807, 2.05) is 30.3 Å². The first kappa shape index (κ1) is 20.9. The molecule has 1 aliphatic rings. The Morgan fingerprint density at radius 2 is 1.87 bits per heavy atom. The summed E-state index contributed by atoms with van der Waals surface area (Å²) in [5, 5.41) is 3.86. The molecule has 1 saturated heterocycles. The molecule has 1 unspecified atom stereocenters. The van der Waals surface area contributed by atoms with Crippen LogP contribution in [0.1, 0.15) is 29.1 Å². The average Bonchev–Trinajstić information content (AvgIpc) is 3.19. The smallest absolute Gasteiger partial charge is 0.251 e. The van der Waals surface area contributed by atoms with Gasteiger partial charge in [0.15, 0.2) is 0 Å². The van der Waals surface area contributed by atoms with E-state index in [2.05, 4.69) is 5.32 Å². The topological polar surface area (TPSA) is 88.9 Å². The second-order valence-electron chi connectivity index (χ2n) is 7.04. The number of morpholine rings is 1. The molecule has 9 heteroatoms. The Kier molecular flexibility index (Phi) is 5.84. The zero-order chi connectivity index (χ0) is 21.3. The lowest BCUT2D eigenvalue weighted by molar-refractivity contribution is 0.0730. The van der Waals surface area contributed by atoms with Gasteiger partial charge in [-0.25, -0.2) is 8.42 Å². The minimum atomic E-state index is -3.82. The van der Waals surface area contributed by atoms with Gasteiger partial charge in [-0.15, -0.1) is 0 Å². The first-order valence-corrected chi connectivity index (χ1v) is 11.3. The molecule has 7 nitrogen and oxygen atoms in total. The van der Waals surface area contributed by atoms with Gasteiger partial charge in [-0.3, -0.25) is 4.79 Å². The van der Waals surface area contributed by atoms with Crippen molar-refractivity contribution in [1.82, 2.24) is 9.62 Å². The normalized spacial score (nSPS) is 16.5.